The summed E-state index contributed by atoms with van der Waals surface area (Å²) in [5, 5.41) is 5.18. The topological polar surface area (TPSA) is 77.5 Å². The summed E-state index contributed by atoms with van der Waals surface area (Å²) in [5.74, 6) is 0. The summed E-state index contributed by atoms with van der Waals surface area (Å²) in [4.78, 5) is 41.1. The molecule has 11 rings (SSSR count). The molecule has 0 saturated heterocycles. The van der Waals surface area contributed by atoms with Gasteiger partial charge in [-0.25, -0.2) is 0 Å². The highest BCUT2D eigenvalue weighted by Crippen LogP contribution is 2.44. The largest absolute Gasteiger partial charge is 0.456 e. The maximum Gasteiger partial charge on any atom is 0.204 e. The molecular formula is C45H22O5S2. The van der Waals surface area contributed by atoms with E-state index < -0.39 is 0 Å². The normalized spacial score (nSPS) is 12.1. The third kappa shape index (κ3) is 4.12. The monoisotopic (exact) mass is 706 g/mol. The Kier molecular flexibility index (Phi) is 6.09. The van der Waals surface area contributed by atoms with Gasteiger partial charge >= 0.3 is 0 Å². The highest BCUT2D eigenvalue weighted by molar-refractivity contribution is 7.27. The minimum Gasteiger partial charge on any atom is -0.456 e. The first-order valence-corrected chi connectivity index (χ1v) is 18.4. The molecule has 0 N–H and O–H groups in total. The number of hydrogen-bond acceptors (Lipinski definition) is 7. The second kappa shape index (κ2) is 10.8. The number of benzene rings is 7. The van der Waals surface area contributed by atoms with E-state index in [1.54, 1.807) is 59.1 Å². The van der Waals surface area contributed by atoms with Crippen molar-refractivity contribution in [3.63, 3.8) is 0 Å². The summed E-state index contributed by atoms with van der Waals surface area (Å²) in [6.07, 6.45) is 0. The molecule has 0 fully saturated rings. The van der Waals surface area contributed by atoms with E-state index in [4.69, 9.17) is 8.83 Å². The van der Waals surface area contributed by atoms with Crippen molar-refractivity contribution < 1.29 is 8.83 Å². The molecule has 7 heteroatoms. The molecule has 4 aromatic heterocycles. The Labute approximate surface area is 300 Å². The fraction of sp³-hybridized carbons (Fsp3) is 0. The van der Waals surface area contributed by atoms with Crippen LogP contribution in [0.4, 0.5) is 0 Å². The lowest BCUT2D eigenvalue weighted by Crippen LogP contribution is -2.07. The van der Waals surface area contributed by atoms with Gasteiger partial charge in [0.25, 0.3) is 0 Å². The summed E-state index contributed by atoms with van der Waals surface area (Å²) < 4.78 is 16.7. The van der Waals surface area contributed by atoms with Gasteiger partial charge in [0.15, 0.2) is 11.0 Å². The van der Waals surface area contributed by atoms with Crippen molar-refractivity contribution in [2.45, 2.75) is 0 Å². The lowest BCUT2D eigenvalue weighted by atomic mass is 9.99. The summed E-state index contributed by atoms with van der Waals surface area (Å²) >= 11 is 3.35. The predicted octanol–water partition coefficient (Wildman–Crippen LogP) is 11.6. The first-order valence-electron chi connectivity index (χ1n) is 16.8. The molecule has 52 heavy (non-hydrogen) atoms. The third-order valence-corrected chi connectivity index (χ3v) is 12.5. The molecule has 0 aliphatic heterocycles. The van der Waals surface area contributed by atoms with E-state index >= 15 is 0 Å². The molecule has 0 bridgehead atoms. The zero-order valence-electron chi connectivity index (χ0n) is 27.1. The first kappa shape index (κ1) is 29.3. The molecule has 7 aromatic carbocycles. The van der Waals surface area contributed by atoms with E-state index in [1.807, 2.05) is 54.6 Å². The van der Waals surface area contributed by atoms with E-state index in [2.05, 4.69) is 42.5 Å². The van der Waals surface area contributed by atoms with Crippen molar-refractivity contribution in [3.05, 3.63) is 164 Å². The van der Waals surface area contributed by atoms with Crippen molar-refractivity contribution in [3.8, 4) is 22.3 Å². The fourth-order valence-electron chi connectivity index (χ4n) is 7.61. The van der Waals surface area contributed by atoms with Crippen LogP contribution < -0.4 is 16.3 Å². The van der Waals surface area contributed by atoms with Crippen LogP contribution >= 0.6 is 22.7 Å². The van der Waals surface area contributed by atoms with Crippen LogP contribution in [0.15, 0.2) is 157 Å². The van der Waals surface area contributed by atoms with Gasteiger partial charge in [0, 0.05) is 40.3 Å². The lowest BCUT2D eigenvalue weighted by molar-refractivity contribution is 0.649. The minimum atomic E-state index is -0.237. The van der Waals surface area contributed by atoms with Crippen molar-refractivity contribution in [2.24, 2.45) is 0 Å². The van der Waals surface area contributed by atoms with Gasteiger partial charge in [-0.15, -0.1) is 22.7 Å². The van der Waals surface area contributed by atoms with E-state index in [9.17, 15) is 14.4 Å². The van der Waals surface area contributed by atoms with Crippen LogP contribution in [0.3, 0.4) is 0 Å². The van der Waals surface area contributed by atoms with Gasteiger partial charge < -0.3 is 8.83 Å². The molecule has 5 nitrogen and oxygen atoms in total. The summed E-state index contributed by atoms with van der Waals surface area (Å²) in [5.41, 5.74) is 5.04. The third-order valence-electron chi connectivity index (χ3n) is 10.1. The fourth-order valence-corrected chi connectivity index (χ4v) is 10.0. The maximum absolute atomic E-state index is 13.8. The van der Waals surface area contributed by atoms with Crippen molar-refractivity contribution in [1.29, 1.82) is 0 Å². The van der Waals surface area contributed by atoms with Gasteiger partial charge in [0.05, 0.1) is 16.2 Å². The SMILES string of the molecule is O=c1c2ccccc2sc2ccc(-c3cccc4c3sc3c(-c5ccc6c(=O)c7ccc8oc9ccccc9c(=O)c8c7oc6c5)cccc34)cc12. The van der Waals surface area contributed by atoms with E-state index in [0.29, 0.717) is 32.9 Å². The van der Waals surface area contributed by atoms with Gasteiger partial charge in [-0.3, -0.25) is 14.4 Å². The van der Waals surface area contributed by atoms with Crippen molar-refractivity contribution in [2.75, 3.05) is 0 Å². The van der Waals surface area contributed by atoms with Crippen LogP contribution in [0, 0.1) is 0 Å². The lowest BCUT2D eigenvalue weighted by Gasteiger charge is -2.08. The number of fused-ring (bicyclic) bond motifs is 10. The van der Waals surface area contributed by atoms with E-state index in [1.165, 1.54) is 0 Å². The van der Waals surface area contributed by atoms with E-state index in [0.717, 1.165) is 62.6 Å². The Balaban J connectivity index is 1.11. The van der Waals surface area contributed by atoms with Crippen LogP contribution in [0.1, 0.15) is 0 Å². The Hall–Kier alpha value is -6.41. The molecule has 0 unspecified atom stereocenters. The molecule has 0 aliphatic rings. The van der Waals surface area contributed by atoms with Gasteiger partial charge in [-0.1, -0.05) is 72.8 Å². The standard InChI is InChI=1S/C45H22O5S2/c46-40-30-17-15-24(22-36(30)50-43-32(40)18-19-35-39(43)42(48)29-7-1-3-13-34(29)49-35)26-10-6-12-28-27-11-5-9-25(44(27)52-45(26)28)23-16-20-38-33(21-23)41(47)31-8-2-4-14-37(31)51-38/h1-22H. The van der Waals surface area contributed by atoms with Crippen LogP contribution in [0.5, 0.6) is 0 Å². The predicted molar refractivity (Wildman–Crippen MR) is 216 cm³/mol. The van der Waals surface area contributed by atoms with Crippen molar-refractivity contribution >= 4 is 107 Å². The van der Waals surface area contributed by atoms with Crippen LogP contribution in [-0.4, -0.2) is 0 Å². The van der Waals surface area contributed by atoms with Crippen LogP contribution in [0.2, 0.25) is 0 Å². The number of hydrogen-bond donors (Lipinski definition) is 0. The molecule has 0 radical (unpaired) electrons. The minimum absolute atomic E-state index is 0.0509. The quantitative estimate of drug-likeness (QED) is 0.132. The molecule has 0 atom stereocenters. The Bertz CT molecular complexity index is 3550. The highest BCUT2D eigenvalue weighted by Gasteiger charge is 2.19. The Morgan fingerprint density at radius 2 is 1.00 bits per heavy atom. The zero-order chi connectivity index (χ0) is 34.7. The number of para-hydroxylation sites is 1. The molecule has 0 amide bonds. The van der Waals surface area contributed by atoms with E-state index in [-0.39, 0.29) is 27.3 Å². The molecule has 4 heterocycles. The maximum atomic E-state index is 13.8. The van der Waals surface area contributed by atoms with Crippen LogP contribution in [-0.2, 0) is 0 Å². The van der Waals surface area contributed by atoms with Gasteiger partial charge in [0.2, 0.25) is 10.9 Å². The average Bonchev–Trinajstić information content (AvgIpc) is 3.57. The molecule has 0 spiro atoms. The zero-order valence-corrected chi connectivity index (χ0v) is 28.7. The number of rotatable bonds is 2. The van der Waals surface area contributed by atoms with Gasteiger partial charge in [0.1, 0.15) is 22.1 Å². The summed E-state index contributed by atoms with van der Waals surface area (Å²) in [6.45, 7) is 0. The Morgan fingerprint density at radius 3 is 1.81 bits per heavy atom. The molecule has 11 aromatic rings. The van der Waals surface area contributed by atoms with Crippen LogP contribution in [0.25, 0.3) is 106 Å². The smallest absolute Gasteiger partial charge is 0.204 e. The second-order valence-electron chi connectivity index (χ2n) is 13.0. The van der Waals surface area contributed by atoms with Crippen molar-refractivity contribution in [1.82, 2.24) is 0 Å². The number of thiophene rings is 1. The average molecular weight is 707 g/mol. The molecule has 0 saturated carbocycles. The molecular weight excluding hydrogens is 685 g/mol. The molecule has 0 aliphatic carbocycles. The first-order chi connectivity index (χ1) is 25.5. The molecule has 244 valence electrons. The summed E-state index contributed by atoms with van der Waals surface area (Å²) in [7, 11) is 0. The second-order valence-corrected chi connectivity index (χ2v) is 15.1. The Morgan fingerprint density at radius 1 is 0.385 bits per heavy atom. The van der Waals surface area contributed by atoms with Gasteiger partial charge in [-0.05, 0) is 82.9 Å². The van der Waals surface area contributed by atoms with Gasteiger partial charge in [-0.2, -0.15) is 0 Å². The summed E-state index contributed by atoms with van der Waals surface area (Å²) in [6, 6.07) is 42.6. The highest BCUT2D eigenvalue weighted by atomic mass is 32.1.